The van der Waals surface area contributed by atoms with E-state index in [-0.39, 0.29) is 12.2 Å². The number of hydrogen-bond donors (Lipinski definition) is 1. The number of aromatic nitrogens is 2. The molecule has 2 N–H and O–H groups in total. The number of fused-ring (bicyclic) bond motifs is 1. The van der Waals surface area contributed by atoms with Crippen molar-refractivity contribution < 1.29 is 13.7 Å². The molecule has 0 aliphatic heterocycles. The van der Waals surface area contributed by atoms with Crippen LogP contribution in [0, 0.1) is 6.92 Å². The van der Waals surface area contributed by atoms with Gasteiger partial charge in [-0.3, -0.25) is 14.8 Å². The summed E-state index contributed by atoms with van der Waals surface area (Å²) in [6.07, 6.45) is 7.98. The summed E-state index contributed by atoms with van der Waals surface area (Å²) < 4.78 is 22.1. The van der Waals surface area contributed by atoms with Gasteiger partial charge in [-0.1, -0.05) is 12.1 Å². The standard InChI is InChI=1S/C29H29N5O3S/c1-19-6-5-7-26-23(19)16-24(29(35)34-38(3,4)36)27(33-26)18-37-22-10-8-21(9-11-22)28(30)25(17-31-2)20-12-14-32-15-13-20/h5-17H,18,30H2,1-4H3/b28-25+,31-17?. The molecule has 2 aromatic carbocycles. The summed E-state index contributed by atoms with van der Waals surface area (Å²) in [7, 11) is -0.942. The quantitative estimate of drug-likeness (QED) is 0.341. The Morgan fingerprint density at radius 3 is 2.42 bits per heavy atom. The topological polar surface area (TPSA) is 120 Å². The molecule has 0 bridgehead atoms. The largest absolute Gasteiger partial charge is 0.487 e. The number of hydrogen-bond acceptors (Lipinski definition) is 7. The molecule has 38 heavy (non-hydrogen) atoms. The van der Waals surface area contributed by atoms with E-state index >= 15 is 0 Å². The van der Waals surface area contributed by atoms with E-state index in [1.54, 1.807) is 43.9 Å². The van der Waals surface area contributed by atoms with Crippen LogP contribution in [0.1, 0.15) is 32.7 Å². The van der Waals surface area contributed by atoms with Gasteiger partial charge in [0.15, 0.2) is 0 Å². The van der Waals surface area contributed by atoms with Gasteiger partial charge in [-0.05, 0) is 72.1 Å². The second-order valence-corrected chi connectivity index (χ2v) is 11.5. The van der Waals surface area contributed by atoms with Crippen LogP contribution in [0.25, 0.3) is 22.2 Å². The molecule has 0 fully saturated rings. The maximum absolute atomic E-state index is 12.9. The number of aliphatic imine (C=N–C) groups is 1. The van der Waals surface area contributed by atoms with Crippen molar-refractivity contribution in [3.63, 3.8) is 0 Å². The van der Waals surface area contributed by atoms with Crippen molar-refractivity contribution in [3.05, 3.63) is 101 Å². The first kappa shape index (κ1) is 26.7. The van der Waals surface area contributed by atoms with E-state index in [1.165, 1.54) is 12.5 Å². The van der Waals surface area contributed by atoms with Crippen molar-refractivity contribution in [3.8, 4) is 5.75 Å². The highest BCUT2D eigenvalue weighted by molar-refractivity contribution is 7.92. The summed E-state index contributed by atoms with van der Waals surface area (Å²) in [5.74, 6) is -0.00170. The molecule has 194 valence electrons. The Balaban J connectivity index is 1.64. The molecule has 0 radical (unpaired) electrons. The van der Waals surface area contributed by atoms with Gasteiger partial charge in [0.1, 0.15) is 12.4 Å². The minimum absolute atomic E-state index is 0.0323. The first-order valence-corrected chi connectivity index (χ1v) is 14.2. The Morgan fingerprint density at radius 1 is 1.05 bits per heavy atom. The van der Waals surface area contributed by atoms with Gasteiger partial charge in [0, 0.05) is 64.6 Å². The number of ether oxygens (including phenoxy) is 1. The van der Waals surface area contributed by atoms with Crippen molar-refractivity contribution >= 4 is 44.0 Å². The lowest BCUT2D eigenvalue weighted by Crippen LogP contribution is -2.10. The van der Waals surface area contributed by atoms with Crippen molar-refractivity contribution in [2.24, 2.45) is 15.1 Å². The van der Waals surface area contributed by atoms with E-state index in [9.17, 15) is 9.00 Å². The molecule has 0 saturated heterocycles. The number of nitrogens with two attached hydrogens (primary N) is 1. The molecule has 9 heteroatoms. The van der Waals surface area contributed by atoms with E-state index in [1.807, 2.05) is 49.4 Å². The molecular formula is C29H29N5O3S. The predicted molar refractivity (Wildman–Crippen MR) is 154 cm³/mol. The summed E-state index contributed by atoms with van der Waals surface area (Å²) in [4.78, 5) is 25.8. The third-order valence-corrected chi connectivity index (χ3v) is 6.38. The molecule has 2 aromatic heterocycles. The van der Waals surface area contributed by atoms with Crippen LogP contribution in [0.3, 0.4) is 0 Å². The van der Waals surface area contributed by atoms with E-state index in [0.717, 1.165) is 33.2 Å². The fourth-order valence-electron chi connectivity index (χ4n) is 3.93. The van der Waals surface area contributed by atoms with E-state index in [4.69, 9.17) is 10.5 Å². The number of allylic oxidation sites excluding steroid dienone is 1. The lowest BCUT2D eigenvalue weighted by Gasteiger charge is -2.13. The summed E-state index contributed by atoms with van der Waals surface area (Å²) in [5, 5.41) is 0.834. The van der Waals surface area contributed by atoms with Crippen molar-refractivity contribution in [1.82, 2.24) is 9.97 Å². The second-order valence-electron chi connectivity index (χ2n) is 8.97. The SMILES string of the molecule is CN=C/C(=C(\N)c1ccc(OCc2nc3cccc(C)c3cc2C(=O)N=S(C)(C)=O)cc1)c1ccncc1. The molecule has 1 amide bonds. The lowest BCUT2D eigenvalue weighted by atomic mass is 10.0. The van der Waals surface area contributed by atoms with Crippen LogP contribution < -0.4 is 10.5 Å². The normalized spacial score (nSPS) is 12.4. The van der Waals surface area contributed by atoms with Crippen LogP contribution in [0.4, 0.5) is 0 Å². The van der Waals surface area contributed by atoms with Crippen LogP contribution in [0.5, 0.6) is 5.75 Å². The van der Waals surface area contributed by atoms with Gasteiger partial charge in [0.25, 0.3) is 5.91 Å². The summed E-state index contributed by atoms with van der Waals surface area (Å²) in [6, 6.07) is 18.6. The smallest absolute Gasteiger partial charge is 0.287 e. The van der Waals surface area contributed by atoms with Crippen LogP contribution in [-0.4, -0.2) is 45.9 Å². The first-order chi connectivity index (χ1) is 18.2. The highest BCUT2D eigenvalue weighted by atomic mass is 32.2. The van der Waals surface area contributed by atoms with Gasteiger partial charge in [-0.25, -0.2) is 9.19 Å². The minimum Gasteiger partial charge on any atom is -0.487 e. The van der Waals surface area contributed by atoms with E-state index < -0.39 is 15.6 Å². The molecule has 8 nitrogen and oxygen atoms in total. The van der Waals surface area contributed by atoms with Crippen molar-refractivity contribution in [2.75, 3.05) is 19.6 Å². The average molecular weight is 528 g/mol. The molecule has 0 atom stereocenters. The highest BCUT2D eigenvalue weighted by Crippen LogP contribution is 2.25. The molecule has 0 saturated carbocycles. The van der Waals surface area contributed by atoms with Gasteiger partial charge in [-0.15, -0.1) is 0 Å². The van der Waals surface area contributed by atoms with Crippen molar-refractivity contribution in [1.29, 1.82) is 0 Å². The van der Waals surface area contributed by atoms with Crippen molar-refractivity contribution in [2.45, 2.75) is 13.5 Å². The second kappa shape index (κ2) is 11.4. The zero-order valence-corrected chi connectivity index (χ0v) is 22.5. The number of rotatable bonds is 7. The third-order valence-electron chi connectivity index (χ3n) is 5.77. The Hall–Kier alpha value is -4.37. The maximum Gasteiger partial charge on any atom is 0.287 e. The zero-order chi connectivity index (χ0) is 27.3. The first-order valence-electron chi connectivity index (χ1n) is 11.8. The molecule has 0 aliphatic carbocycles. The Morgan fingerprint density at radius 2 is 1.76 bits per heavy atom. The zero-order valence-electron chi connectivity index (χ0n) is 21.7. The van der Waals surface area contributed by atoms with Gasteiger partial charge >= 0.3 is 0 Å². The fourth-order valence-corrected chi connectivity index (χ4v) is 4.42. The Kier molecular flexibility index (Phi) is 7.97. The monoisotopic (exact) mass is 527 g/mol. The summed E-state index contributed by atoms with van der Waals surface area (Å²) in [6.45, 7) is 1.98. The number of aryl methyl sites for hydroxylation is 1. The Labute approximate surface area is 222 Å². The van der Waals surface area contributed by atoms with E-state index in [2.05, 4.69) is 19.3 Å². The maximum atomic E-state index is 12.9. The Bertz CT molecular complexity index is 1660. The van der Waals surface area contributed by atoms with Crippen LogP contribution >= 0.6 is 0 Å². The molecular weight excluding hydrogens is 498 g/mol. The average Bonchev–Trinajstić information content (AvgIpc) is 2.90. The molecule has 4 rings (SSSR count). The fraction of sp³-hybridized carbons (Fsp3) is 0.172. The van der Waals surface area contributed by atoms with Gasteiger partial charge < -0.3 is 10.5 Å². The summed E-state index contributed by atoms with van der Waals surface area (Å²) in [5.41, 5.74) is 12.0. The number of pyridine rings is 2. The third kappa shape index (κ3) is 6.30. The number of nitrogens with zero attached hydrogens (tertiary/aromatic N) is 4. The minimum atomic E-state index is -2.64. The molecule has 0 aliphatic rings. The van der Waals surface area contributed by atoms with Crippen LogP contribution in [-0.2, 0) is 16.3 Å². The van der Waals surface area contributed by atoms with Crippen LogP contribution in [0.2, 0.25) is 0 Å². The van der Waals surface area contributed by atoms with Crippen LogP contribution in [0.15, 0.2) is 82.4 Å². The number of carbonyl (C=O) groups is 1. The van der Waals surface area contributed by atoms with E-state index in [0.29, 0.717) is 17.1 Å². The predicted octanol–water partition coefficient (Wildman–Crippen LogP) is 4.91. The molecule has 2 heterocycles. The number of amides is 1. The molecule has 0 unspecified atom stereocenters. The number of carbonyl (C=O) groups excluding carboxylic acids is 1. The molecule has 0 spiro atoms. The van der Waals surface area contributed by atoms with Gasteiger partial charge in [0.2, 0.25) is 0 Å². The van der Waals surface area contributed by atoms with Gasteiger partial charge in [0.05, 0.1) is 16.8 Å². The molecule has 4 aromatic rings. The highest BCUT2D eigenvalue weighted by Gasteiger charge is 2.17. The lowest BCUT2D eigenvalue weighted by molar-refractivity contribution is 0.100. The summed E-state index contributed by atoms with van der Waals surface area (Å²) >= 11 is 0. The van der Waals surface area contributed by atoms with Gasteiger partial charge in [-0.2, -0.15) is 4.36 Å². The number of benzene rings is 2.